The molecule has 1 amide bonds. The highest BCUT2D eigenvalue weighted by molar-refractivity contribution is 5.96. The van der Waals surface area contributed by atoms with E-state index in [-0.39, 0.29) is 11.8 Å². The van der Waals surface area contributed by atoms with E-state index in [1.54, 1.807) is 4.90 Å². The first kappa shape index (κ1) is 13.7. The molecule has 0 bridgehead atoms. The number of nitrogens with one attached hydrogen (secondary N) is 1. The molecule has 2 aromatic rings. The Bertz CT molecular complexity index is 666. The Morgan fingerprint density at radius 2 is 1.86 bits per heavy atom. The minimum absolute atomic E-state index is 0.00972. The molecule has 1 heterocycles. The molecule has 0 radical (unpaired) electrons. The second-order valence-corrected chi connectivity index (χ2v) is 5.62. The van der Waals surface area contributed by atoms with Gasteiger partial charge in [0.2, 0.25) is 5.91 Å². The molecule has 21 heavy (non-hydrogen) atoms. The van der Waals surface area contributed by atoms with E-state index in [4.69, 9.17) is 0 Å². The Hall–Kier alpha value is -2.29. The van der Waals surface area contributed by atoms with Crippen LogP contribution in [0.25, 0.3) is 0 Å². The number of carbonyl (C=O) groups excluding carboxylic acids is 1. The van der Waals surface area contributed by atoms with Crippen molar-refractivity contribution in [3.05, 3.63) is 59.7 Å². The van der Waals surface area contributed by atoms with Crippen molar-refractivity contribution in [1.29, 1.82) is 0 Å². The van der Waals surface area contributed by atoms with Gasteiger partial charge in [-0.25, -0.2) is 0 Å². The van der Waals surface area contributed by atoms with E-state index >= 15 is 0 Å². The summed E-state index contributed by atoms with van der Waals surface area (Å²) in [5.41, 5.74) is 4.49. The summed E-state index contributed by atoms with van der Waals surface area (Å²) in [5.74, 6) is 0.163. The third-order valence-electron chi connectivity index (χ3n) is 4.18. The van der Waals surface area contributed by atoms with Gasteiger partial charge in [-0.1, -0.05) is 36.4 Å². The van der Waals surface area contributed by atoms with E-state index in [2.05, 4.69) is 17.4 Å². The van der Waals surface area contributed by atoms with Crippen LogP contribution in [0.2, 0.25) is 0 Å². The first-order chi connectivity index (χ1) is 10.2. The maximum Gasteiger partial charge on any atom is 0.231 e. The number of benzene rings is 2. The highest BCUT2D eigenvalue weighted by Crippen LogP contribution is 2.27. The molecule has 0 saturated heterocycles. The second-order valence-electron chi connectivity index (χ2n) is 5.62. The summed E-state index contributed by atoms with van der Waals surface area (Å²) in [6.45, 7) is 2.74. The monoisotopic (exact) mass is 280 g/mol. The number of hydrogen-bond donors (Lipinski definition) is 1. The van der Waals surface area contributed by atoms with Gasteiger partial charge in [-0.2, -0.15) is 0 Å². The van der Waals surface area contributed by atoms with E-state index in [0.29, 0.717) is 6.54 Å². The van der Waals surface area contributed by atoms with Gasteiger partial charge >= 0.3 is 0 Å². The molecule has 0 spiro atoms. The predicted molar refractivity (Wildman–Crippen MR) is 86.7 cm³/mol. The zero-order valence-corrected chi connectivity index (χ0v) is 12.5. The van der Waals surface area contributed by atoms with Crippen molar-refractivity contribution in [2.75, 3.05) is 23.8 Å². The highest BCUT2D eigenvalue weighted by Gasteiger charge is 2.27. The summed E-state index contributed by atoms with van der Waals surface area (Å²) in [6.07, 6.45) is 0.804. The van der Waals surface area contributed by atoms with Gasteiger partial charge in [0.1, 0.15) is 0 Å². The molecule has 0 aromatic heterocycles. The van der Waals surface area contributed by atoms with Gasteiger partial charge in [-0.3, -0.25) is 4.79 Å². The number of aryl methyl sites for hydroxylation is 1. The molecule has 0 saturated carbocycles. The molecule has 0 aliphatic carbocycles. The summed E-state index contributed by atoms with van der Waals surface area (Å²) in [5, 5.41) is 3.37. The van der Waals surface area contributed by atoms with Crippen molar-refractivity contribution in [1.82, 2.24) is 0 Å². The molecular weight excluding hydrogens is 260 g/mol. The number of fused-ring (bicyclic) bond motifs is 1. The molecule has 1 aliphatic rings. The SMILES string of the molecule is Cc1ccccc1N(C)C(=O)C1CNc2ccccc2C1. The Morgan fingerprint density at radius 3 is 2.67 bits per heavy atom. The number of para-hydroxylation sites is 2. The van der Waals surface area contributed by atoms with Crippen LogP contribution in [0, 0.1) is 12.8 Å². The molecule has 3 heteroatoms. The maximum atomic E-state index is 12.7. The first-order valence-corrected chi connectivity index (χ1v) is 7.32. The number of anilines is 2. The molecule has 3 nitrogen and oxygen atoms in total. The van der Waals surface area contributed by atoms with Crippen LogP contribution >= 0.6 is 0 Å². The van der Waals surface area contributed by atoms with Crippen LogP contribution in [0.5, 0.6) is 0 Å². The van der Waals surface area contributed by atoms with Gasteiger partial charge in [-0.05, 0) is 36.6 Å². The second kappa shape index (κ2) is 5.60. The standard InChI is InChI=1S/C18H20N2O/c1-13-7-3-6-10-17(13)20(2)18(21)15-11-14-8-4-5-9-16(14)19-12-15/h3-10,15,19H,11-12H2,1-2H3. The Labute approximate surface area is 125 Å². The number of rotatable bonds is 2. The van der Waals surface area contributed by atoms with Crippen LogP contribution < -0.4 is 10.2 Å². The lowest BCUT2D eigenvalue weighted by Gasteiger charge is -2.29. The predicted octanol–water partition coefficient (Wildman–Crippen LogP) is 3.24. The summed E-state index contributed by atoms with van der Waals surface area (Å²) >= 11 is 0. The number of nitrogens with zero attached hydrogens (tertiary/aromatic N) is 1. The van der Waals surface area contributed by atoms with Gasteiger partial charge in [0.25, 0.3) is 0 Å². The summed E-state index contributed by atoms with van der Waals surface area (Å²) in [4.78, 5) is 14.5. The van der Waals surface area contributed by atoms with Crippen molar-refractivity contribution in [2.24, 2.45) is 5.92 Å². The van der Waals surface area contributed by atoms with Gasteiger partial charge in [0.05, 0.1) is 5.92 Å². The lowest BCUT2D eigenvalue weighted by molar-refractivity contribution is -0.121. The molecular formula is C18H20N2O. The fraction of sp³-hybridized carbons (Fsp3) is 0.278. The first-order valence-electron chi connectivity index (χ1n) is 7.32. The number of carbonyl (C=O) groups is 1. The fourth-order valence-corrected chi connectivity index (χ4v) is 2.95. The van der Waals surface area contributed by atoms with Gasteiger partial charge < -0.3 is 10.2 Å². The Kier molecular flexibility index (Phi) is 3.65. The van der Waals surface area contributed by atoms with E-state index in [0.717, 1.165) is 23.4 Å². The lowest BCUT2D eigenvalue weighted by atomic mass is 9.92. The molecule has 0 fully saturated rings. The van der Waals surface area contributed by atoms with E-state index in [9.17, 15) is 4.79 Å². The van der Waals surface area contributed by atoms with Crippen LogP contribution in [-0.4, -0.2) is 19.5 Å². The normalized spacial score (nSPS) is 16.8. The minimum Gasteiger partial charge on any atom is -0.384 e. The van der Waals surface area contributed by atoms with Gasteiger partial charge in [0.15, 0.2) is 0 Å². The van der Waals surface area contributed by atoms with E-state index < -0.39 is 0 Å². The Morgan fingerprint density at radius 1 is 1.14 bits per heavy atom. The summed E-state index contributed by atoms with van der Waals surface area (Å²) in [7, 11) is 1.87. The van der Waals surface area contributed by atoms with Crippen LogP contribution in [-0.2, 0) is 11.2 Å². The topological polar surface area (TPSA) is 32.3 Å². The van der Waals surface area contributed by atoms with Crippen LogP contribution in [0.4, 0.5) is 11.4 Å². The molecule has 1 N–H and O–H groups in total. The van der Waals surface area contributed by atoms with Crippen LogP contribution in [0.3, 0.4) is 0 Å². The van der Waals surface area contributed by atoms with Crippen molar-refractivity contribution in [3.8, 4) is 0 Å². The lowest BCUT2D eigenvalue weighted by Crippen LogP contribution is -2.39. The van der Waals surface area contributed by atoms with E-state index in [1.807, 2.05) is 50.4 Å². The van der Waals surface area contributed by atoms with Crippen molar-refractivity contribution in [2.45, 2.75) is 13.3 Å². The highest BCUT2D eigenvalue weighted by atomic mass is 16.2. The summed E-state index contributed by atoms with van der Waals surface area (Å²) in [6, 6.07) is 16.2. The van der Waals surface area contributed by atoms with Crippen molar-refractivity contribution >= 4 is 17.3 Å². The average molecular weight is 280 g/mol. The number of amides is 1. The zero-order valence-electron chi connectivity index (χ0n) is 12.5. The largest absolute Gasteiger partial charge is 0.384 e. The van der Waals surface area contributed by atoms with E-state index in [1.165, 1.54) is 5.56 Å². The smallest absolute Gasteiger partial charge is 0.231 e. The average Bonchev–Trinajstić information content (AvgIpc) is 2.53. The number of hydrogen-bond acceptors (Lipinski definition) is 2. The van der Waals surface area contributed by atoms with Crippen molar-refractivity contribution in [3.63, 3.8) is 0 Å². The third kappa shape index (κ3) is 2.64. The molecule has 108 valence electrons. The quantitative estimate of drug-likeness (QED) is 0.916. The fourth-order valence-electron chi connectivity index (χ4n) is 2.95. The molecule has 1 aliphatic heterocycles. The maximum absolute atomic E-state index is 12.7. The van der Waals surface area contributed by atoms with Gasteiger partial charge in [-0.15, -0.1) is 0 Å². The van der Waals surface area contributed by atoms with Gasteiger partial charge in [0, 0.05) is 25.0 Å². The van der Waals surface area contributed by atoms with Crippen molar-refractivity contribution < 1.29 is 4.79 Å². The molecule has 1 unspecified atom stereocenters. The third-order valence-corrected chi connectivity index (χ3v) is 4.18. The Balaban J connectivity index is 1.79. The molecule has 1 atom stereocenters. The van der Waals surface area contributed by atoms with Crippen LogP contribution in [0.1, 0.15) is 11.1 Å². The minimum atomic E-state index is -0.00972. The molecule has 3 rings (SSSR count). The molecule has 2 aromatic carbocycles. The van der Waals surface area contributed by atoms with Crippen LogP contribution in [0.15, 0.2) is 48.5 Å². The zero-order chi connectivity index (χ0) is 14.8. The summed E-state index contributed by atoms with van der Waals surface area (Å²) < 4.78 is 0.